The molecule has 7 heteroatoms. The van der Waals surface area contributed by atoms with Crippen molar-refractivity contribution in [1.82, 2.24) is 4.90 Å². The molecule has 1 atom stereocenters. The summed E-state index contributed by atoms with van der Waals surface area (Å²) < 4.78 is 10.5. The van der Waals surface area contributed by atoms with E-state index in [0.29, 0.717) is 34.7 Å². The van der Waals surface area contributed by atoms with Crippen molar-refractivity contribution in [2.24, 2.45) is 5.92 Å². The third-order valence-corrected chi connectivity index (χ3v) is 4.80. The standard InChI is InChI=1S/C22H24N2O5/c1-13(2)11-18(24-21(26)15-7-5-6-8-16(15)22(24)27)20(25)23-17-10-9-14(28-3)12-19(17)29-4/h5-10,12-13,18H,11H2,1-4H3,(H,23,25)/t18-/m1/s1. The van der Waals surface area contributed by atoms with Crippen LogP contribution in [0.1, 0.15) is 41.0 Å². The number of hydrogen-bond donors (Lipinski definition) is 1. The van der Waals surface area contributed by atoms with Crippen molar-refractivity contribution in [2.45, 2.75) is 26.3 Å². The Hall–Kier alpha value is -3.35. The second-order valence-electron chi connectivity index (χ2n) is 7.23. The zero-order valence-corrected chi connectivity index (χ0v) is 16.9. The molecular weight excluding hydrogens is 372 g/mol. The summed E-state index contributed by atoms with van der Waals surface area (Å²) in [5.74, 6) is -0.257. The monoisotopic (exact) mass is 396 g/mol. The first-order chi connectivity index (χ1) is 13.9. The molecule has 0 radical (unpaired) electrons. The average molecular weight is 396 g/mol. The normalized spacial score (nSPS) is 14.0. The number of benzene rings is 2. The van der Waals surface area contributed by atoms with Gasteiger partial charge in [-0.3, -0.25) is 19.3 Å². The zero-order chi connectivity index (χ0) is 21.1. The number of nitrogens with one attached hydrogen (secondary N) is 1. The summed E-state index contributed by atoms with van der Waals surface area (Å²) in [5, 5.41) is 2.80. The van der Waals surface area contributed by atoms with Gasteiger partial charge in [0.15, 0.2) is 0 Å². The number of methoxy groups -OCH3 is 2. The van der Waals surface area contributed by atoms with E-state index in [-0.39, 0.29) is 5.92 Å². The lowest BCUT2D eigenvalue weighted by Gasteiger charge is -2.27. The van der Waals surface area contributed by atoms with Crippen molar-refractivity contribution in [1.29, 1.82) is 0 Å². The molecule has 0 fully saturated rings. The molecule has 1 N–H and O–H groups in total. The zero-order valence-electron chi connectivity index (χ0n) is 16.9. The highest BCUT2D eigenvalue weighted by Gasteiger charge is 2.42. The fourth-order valence-electron chi connectivity index (χ4n) is 3.38. The van der Waals surface area contributed by atoms with E-state index in [4.69, 9.17) is 9.47 Å². The van der Waals surface area contributed by atoms with Crippen molar-refractivity contribution >= 4 is 23.4 Å². The van der Waals surface area contributed by atoms with Crippen LogP contribution in [0.5, 0.6) is 11.5 Å². The molecule has 0 saturated carbocycles. The van der Waals surface area contributed by atoms with Crippen LogP contribution in [0.15, 0.2) is 42.5 Å². The van der Waals surface area contributed by atoms with Crippen molar-refractivity contribution in [3.63, 3.8) is 0 Å². The molecule has 0 aromatic heterocycles. The van der Waals surface area contributed by atoms with Crippen molar-refractivity contribution in [2.75, 3.05) is 19.5 Å². The van der Waals surface area contributed by atoms with Crippen LogP contribution < -0.4 is 14.8 Å². The van der Waals surface area contributed by atoms with Gasteiger partial charge in [0.1, 0.15) is 17.5 Å². The van der Waals surface area contributed by atoms with E-state index in [1.807, 2.05) is 13.8 Å². The minimum absolute atomic E-state index is 0.0906. The molecule has 2 aromatic rings. The second kappa shape index (κ2) is 8.34. The Kier molecular flexibility index (Phi) is 5.87. The molecule has 3 rings (SSSR count). The summed E-state index contributed by atoms with van der Waals surface area (Å²) in [4.78, 5) is 40.0. The third-order valence-electron chi connectivity index (χ3n) is 4.80. The number of nitrogens with zero attached hydrogens (tertiary/aromatic N) is 1. The van der Waals surface area contributed by atoms with Gasteiger partial charge in [0.25, 0.3) is 11.8 Å². The molecule has 0 bridgehead atoms. The van der Waals surface area contributed by atoms with Crippen LogP contribution in [0, 0.1) is 5.92 Å². The van der Waals surface area contributed by atoms with E-state index in [1.54, 1.807) is 42.5 Å². The summed E-state index contributed by atoms with van der Waals surface area (Å²) in [7, 11) is 3.02. The molecule has 1 aliphatic heterocycles. The number of ether oxygens (including phenoxy) is 2. The maximum Gasteiger partial charge on any atom is 0.262 e. The van der Waals surface area contributed by atoms with Crippen LogP contribution in [0.25, 0.3) is 0 Å². The number of hydrogen-bond acceptors (Lipinski definition) is 5. The number of rotatable bonds is 7. The molecule has 7 nitrogen and oxygen atoms in total. The Morgan fingerprint density at radius 1 is 1.00 bits per heavy atom. The van der Waals surface area contributed by atoms with E-state index in [2.05, 4.69) is 5.32 Å². The summed E-state index contributed by atoms with van der Waals surface area (Å²) in [5.41, 5.74) is 1.07. The summed E-state index contributed by atoms with van der Waals surface area (Å²) >= 11 is 0. The fourth-order valence-corrected chi connectivity index (χ4v) is 3.38. The van der Waals surface area contributed by atoms with Crippen LogP contribution in [-0.2, 0) is 4.79 Å². The molecule has 0 saturated heterocycles. The Balaban J connectivity index is 1.91. The Labute approximate surface area is 169 Å². The van der Waals surface area contributed by atoms with Crippen LogP contribution >= 0.6 is 0 Å². The first kappa shape index (κ1) is 20.4. The Morgan fingerprint density at radius 3 is 2.14 bits per heavy atom. The van der Waals surface area contributed by atoms with E-state index in [9.17, 15) is 14.4 Å². The SMILES string of the molecule is COc1ccc(NC(=O)[C@@H](CC(C)C)N2C(=O)c3ccccc3C2=O)c(OC)c1. The number of carbonyl (C=O) groups is 3. The predicted octanol–water partition coefficient (Wildman–Crippen LogP) is 3.35. The van der Waals surface area contributed by atoms with Crippen LogP contribution in [0.3, 0.4) is 0 Å². The van der Waals surface area contributed by atoms with Gasteiger partial charge in [-0.2, -0.15) is 0 Å². The number of carbonyl (C=O) groups excluding carboxylic acids is 3. The summed E-state index contributed by atoms with van der Waals surface area (Å²) in [6.45, 7) is 3.87. The third kappa shape index (κ3) is 3.94. The second-order valence-corrected chi connectivity index (χ2v) is 7.23. The van der Waals surface area contributed by atoms with Gasteiger partial charge in [-0.25, -0.2) is 0 Å². The Morgan fingerprint density at radius 2 is 1.62 bits per heavy atom. The van der Waals surface area contributed by atoms with E-state index < -0.39 is 23.8 Å². The topological polar surface area (TPSA) is 84.9 Å². The predicted molar refractivity (Wildman–Crippen MR) is 108 cm³/mol. The number of fused-ring (bicyclic) bond motifs is 1. The highest BCUT2D eigenvalue weighted by atomic mass is 16.5. The maximum atomic E-state index is 13.2. The van der Waals surface area contributed by atoms with Crippen LogP contribution in [0.4, 0.5) is 5.69 Å². The minimum Gasteiger partial charge on any atom is -0.497 e. The van der Waals surface area contributed by atoms with Gasteiger partial charge in [0.2, 0.25) is 5.91 Å². The van der Waals surface area contributed by atoms with E-state index in [0.717, 1.165) is 4.90 Å². The molecule has 1 aliphatic rings. The molecule has 0 aliphatic carbocycles. The smallest absolute Gasteiger partial charge is 0.262 e. The maximum absolute atomic E-state index is 13.2. The molecule has 0 unspecified atom stereocenters. The lowest BCUT2D eigenvalue weighted by Crippen LogP contribution is -2.48. The largest absolute Gasteiger partial charge is 0.497 e. The van der Waals surface area contributed by atoms with Gasteiger partial charge in [-0.1, -0.05) is 26.0 Å². The van der Waals surface area contributed by atoms with Crippen LogP contribution in [0.2, 0.25) is 0 Å². The lowest BCUT2D eigenvalue weighted by atomic mass is 10.0. The molecule has 1 heterocycles. The highest BCUT2D eigenvalue weighted by molar-refractivity contribution is 6.23. The average Bonchev–Trinajstić information content (AvgIpc) is 2.97. The summed E-state index contributed by atoms with van der Waals surface area (Å²) in [6.07, 6.45) is 0.343. The molecule has 152 valence electrons. The van der Waals surface area contributed by atoms with Gasteiger partial charge in [-0.05, 0) is 36.6 Å². The van der Waals surface area contributed by atoms with Gasteiger partial charge in [0, 0.05) is 6.07 Å². The van der Waals surface area contributed by atoms with Crippen molar-refractivity contribution in [3.05, 3.63) is 53.6 Å². The van der Waals surface area contributed by atoms with E-state index in [1.165, 1.54) is 14.2 Å². The number of imide groups is 1. The van der Waals surface area contributed by atoms with Gasteiger partial charge in [-0.15, -0.1) is 0 Å². The number of amides is 3. The molecular formula is C22H24N2O5. The highest BCUT2D eigenvalue weighted by Crippen LogP contribution is 2.31. The first-order valence-corrected chi connectivity index (χ1v) is 9.37. The minimum atomic E-state index is -0.936. The molecule has 29 heavy (non-hydrogen) atoms. The summed E-state index contributed by atoms with van der Waals surface area (Å²) in [6, 6.07) is 10.7. The first-order valence-electron chi connectivity index (χ1n) is 9.37. The fraction of sp³-hybridized carbons (Fsp3) is 0.318. The lowest BCUT2D eigenvalue weighted by molar-refractivity contribution is -0.120. The Bertz CT molecular complexity index is 919. The molecule has 3 amide bonds. The van der Waals surface area contributed by atoms with Gasteiger partial charge >= 0.3 is 0 Å². The molecule has 0 spiro atoms. The van der Waals surface area contributed by atoms with Crippen molar-refractivity contribution in [3.8, 4) is 11.5 Å². The van der Waals surface area contributed by atoms with E-state index >= 15 is 0 Å². The quantitative estimate of drug-likeness (QED) is 0.726. The van der Waals surface area contributed by atoms with Crippen LogP contribution in [-0.4, -0.2) is 42.9 Å². The van der Waals surface area contributed by atoms with Gasteiger partial charge < -0.3 is 14.8 Å². The van der Waals surface area contributed by atoms with Gasteiger partial charge in [0.05, 0.1) is 31.0 Å². The molecule has 2 aromatic carbocycles. The van der Waals surface area contributed by atoms with Crippen molar-refractivity contribution < 1.29 is 23.9 Å². The number of anilines is 1.